The zero-order valence-electron chi connectivity index (χ0n) is 8.57. The Bertz CT molecular complexity index is 521. The highest BCUT2D eigenvalue weighted by Gasteiger charge is 2.04. The van der Waals surface area contributed by atoms with E-state index in [-0.39, 0.29) is 0 Å². The molecule has 1 aromatic heterocycles. The lowest BCUT2D eigenvalue weighted by Gasteiger charge is -2.06. The number of benzene rings is 1. The van der Waals surface area contributed by atoms with Crippen molar-refractivity contribution in [2.75, 3.05) is 0 Å². The van der Waals surface area contributed by atoms with Crippen LogP contribution in [0.2, 0.25) is 0 Å². The molecule has 0 spiro atoms. The highest BCUT2D eigenvalue weighted by molar-refractivity contribution is 5.72. The van der Waals surface area contributed by atoms with E-state index < -0.39 is 0 Å². The summed E-state index contributed by atoms with van der Waals surface area (Å²) >= 11 is 0. The third-order valence-electron chi connectivity index (χ3n) is 2.41. The fourth-order valence-corrected chi connectivity index (χ4v) is 1.61. The molecule has 0 saturated heterocycles. The molecule has 0 aliphatic rings. The summed E-state index contributed by atoms with van der Waals surface area (Å²) in [5.41, 5.74) is 4.28. The Morgan fingerprint density at radius 2 is 1.93 bits per heavy atom. The molecule has 0 aliphatic heterocycles. The van der Waals surface area contributed by atoms with Crippen LogP contribution in [0, 0.1) is 19.3 Å². The van der Waals surface area contributed by atoms with Crippen molar-refractivity contribution < 1.29 is 0 Å². The molecule has 0 fully saturated rings. The molecule has 1 aromatic carbocycles. The minimum Gasteiger partial charge on any atom is -0.264 e. The van der Waals surface area contributed by atoms with Crippen LogP contribution in [0.25, 0.3) is 11.1 Å². The number of pyridine rings is 1. The molecule has 15 heavy (non-hydrogen) atoms. The maximum Gasteiger partial charge on any atom is 0.0359 e. The summed E-state index contributed by atoms with van der Waals surface area (Å²) in [5, 5.41) is 0. The number of aryl methyl sites for hydroxylation is 1. The lowest BCUT2D eigenvalue weighted by molar-refractivity contribution is 1.31. The third-order valence-corrected chi connectivity index (χ3v) is 2.41. The SMILES string of the molecule is C#Cc1ccncc1-c1ccccc1C. The number of terminal acetylenes is 1. The van der Waals surface area contributed by atoms with Gasteiger partial charge in [0.05, 0.1) is 0 Å². The first kappa shape index (κ1) is 9.48. The van der Waals surface area contributed by atoms with Gasteiger partial charge in [0, 0.05) is 23.5 Å². The summed E-state index contributed by atoms with van der Waals surface area (Å²) in [4.78, 5) is 4.12. The van der Waals surface area contributed by atoms with E-state index in [2.05, 4.69) is 30.0 Å². The fraction of sp³-hybridized carbons (Fsp3) is 0.0714. The van der Waals surface area contributed by atoms with Gasteiger partial charge >= 0.3 is 0 Å². The van der Waals surface area contributed by atoms with E-state index >= 15 is 0 Å². The molecule has 0 atom stereocenters. The molecule has 1 heteroatoms. The van der Waals surface area contributed by atoms with Crippen LogP contribution in [-0.4, -0.2) is 4.98 Å². The molecular weight excluding hydrogens is 182 g/mol. The van der Waals surface area contributed by atoms with Gasteiger partial charge in [-0.15, -0.1) is 6.42 Å². The molecule has 0 amide bonds. The third kappa shape index (κ3) is 1.75. The Kier molecular flexibility index (Phi) is 2.51. The van der Waals surface area contributed by atoms with E-state index in [4.69, 9.17) is 6.42 Å². The molecular formula is C14H11N. The van der Waals surface area contributed by atoms with Gasteiger partial charge < -0.3 is 0 Å². The van der Waals surface area contributed by atoms with Crippen LogP contribution < -0.4 is 0 Å². The second kappa shape index (κ2) is 3.98. The van der Waals surface area contributed by atoms with Gasteiger partial charge in [-0.1, -0.05) is 30.2 Å². The van der Waals surface area contributed by atoms with E-state index in [1.54, 1.807) is 6.20 Å². The molecule has 0 bridgehead atoms. The van der Waals surface area contributed by atoms with E-state index in [0.717, 1.165) is 16.7 Å². The summed E-state index contributed by atoms with van der Waals surface area (Å²) < 4.78 is 0. The van der Waals surface area contributed by atoms with Gasteiger partial charge in [0.25, 0.3) is 0 Å². The largest absolute Gasteiger partial charge is 0.264 e. The van der Waals surface area contributed by atoms with Gasteiger partial charge in [-0.25, -0.2) is 0 Å². The smallest absolute Gasteiger partial charge is 0.0359 e. The zero-order valence-corrected chi connectivity index (χ0v) is 8.57. The number of aromatic nitrogens is 1. The van der Waals surface area contributed by atoms with Crippen LogP contribution in [0.3, 0.4) is 0 Å². The van der Waals surface area contributed by atoms with Crippen molar-refractivity contribution in [3.05, 3.63) is 53.9 Å². The van der Waals surface area contributed by atoms with E-state index in [1.165, 1.54) is 5.56 Å². The molecule has 0 unspecified atom stereocenters. The predicted molar refractivity (Wildman–Crippen MR) is 62.3 cm³/mol. The zero-order chi connectivity index (χ0) is 10.7. The Morgan fingerprint density at radius 1 is 1.13 bits per heavy atom. The standard InChI is InChI=1S/C14H11N/c1-3-12-8-9-15-10-14(12)13-7-5-4-6-11(13)2/h1,4-10H,2H3. The van der Waals surface area contributed by atoms with Gasteiger partial charge in [-0.3, -0.25) is 4.98 Å². The normalized spacial score (nSPS) is 9.60. The lowest BCUT2D eigenvalue weighted by atomic mass is 9.98. The van der Waals surface area contributed by atoms with Crippen LogP contribution >= 0.6 is 0 Å². The minimum absolute atomic E-state index is 0.888. The molecule has 0 N–H and O–H groups in total. The summed E-state index contributed by atoms with van der Waals surface area (Å²) in [6, 6.07) is 10.0. The highest BCUT2D eigenvalue weighted by Crippen LogP contribution is 2.24. The van der Waals surface area contributed by atoms with Crippen LogP contribution in [0.1, 0.15) is 11.1 Å². The summed E-state index contributed by atoms with van der Waals surface area (Å²) in [7, 11) is 0. The van der Waals surface area contributed by atoms with Gasteiger partial charge in [0.1, 0.15) is 0 Å². The average Bonchev–Trinajstić information content (AvgIpc) is 2.30. The second-order valence-corrected chi connectivity index (χ2v) is 3.38. The summed E-state index contributed by atoms with van der Waals surface area (Å²) in [6.07, 6.45) is 9.00. The molecule has 0 saturated carbocycles. The van der Waals surface area contributed by atoms with E-state index in [0.29, 0.717) is 0 Å². The molecule has 1 heterocycles. The number of hydrogen-bond acceptors (Lipinski definition) is 1. The Morgan fingerprint density at radius 3 is 2.67 bits per heavy atom. The van der Waals surface area contributed by atoms with Crippen molar-refractivity contribution >= 4 is 0 Å². The summed E-state index contributed by atoms with van der Waals surface area (Å²) in [5.74, 6) is 2.68. The maximum absolute atomic E-state index is 5.46. The van der Waals surface area contributed by atoms with Crippen molar-refractivity contribution in [3.63, 3.8) is 0 Å². The second-order valence-electron chi connectivity index (χ2n) is 3.38. The van der Waals surface area contributed by atoms with Crippen molar-refractivity contribution in [2.24, 2.45) is 0 Å². The number of nitrogens with zero attached hydrogens (tertiary/aromatic N) is 1. The molecule has 2 rings (SSSR count). The maximum atomic E-state index is 5.46. The Labute approximate surface area is 89.8 Å². The molecule has 72 valence electrons. The first-order valence-corrected chi connectivity index (χ1v) is 4.79. The first-order valence-electron chi connectivity index (χ1n) is 4.79. The highest BCUT2D eigenvalue weighted by atomic mass is 14.6. The van der Waals surface area contributed by atoms with Crippen LogP contribution in [0.5, 0.6) is 0 Å². The lowest BCUT2D eigenvalue weighted by Crippen LogP contribution is -1.88. The number of rotatable bonds is 1. The fourth-order valence-electron chi connectivity index (χ4n) is 1.61. The molecule has 2 aromatic rings. The van der Waals surface area contributed by atoms with E-state index in [9.17, 15) is 0 Å². The van der Waals surface area contributed by atoms with Gasteiger partial charge in [0.15, 0.2) is 0 Å². The van der Waals surface area contributed by atoms with Crippen molar-refractivity contribution in [2.45, 2.75) is 6.92 Å². The molecule has 0 radical (unpaired) electrons. The van der Waals surface area contributed by atoms with Crippen molar-refractivity contribution in [1.29, 1.82) is 0 Å². The summed E-state index contributed by atoms with van der Waals surface area (Å²) in [6.45, 7) is 2.07. The quantitative estimate of drug-likeness (QED) is 0.634. The predicted octanol–water partition coefficient (Wildman–Crippen LogP) is 3.04. The monoisotopic (exact) mass is 193 g/mol. The Balaban J connectivity index is 2.65. The molecule has 1 nitrogen and oxygen atoms in total. The van der Waals surface area contributed by atoms with Gasteiger partial charge in [-0.2, -0.15) is 0 Å². The van der Waals surface area contributed by atoms with Gasteiger partial charge in [0.2, 0.25) is 0 Å². The Hall–Kier alpha value is -2.07. The minimum atomic E-state index is 0.888. The topological polar surface area (TPSA) is 12.9 Å². The van der Waals surface area contributed by atoms with Gasteiger partial charge in [-0.05, 0) is 24.1 Å². The van der Waals surface area contributed by atoms with Crippen LogP contribution in [0.15, 0.2) is 42.7 Å². The van der Waals surface area contributed by atoms with Crippen LogP contribution in [-0.2, 0) is 0 Å². The number of hydrogen-bond donors (Lipinski definition) is 0. The van der Waals surface area contributed by atoms with Crippen LogP contribution in [0.4, 0.5) is 0 Å². The van der Waals surface area contributed by atoms with Crippen molar-refractivity contribution in [3.8, 4) is 23.5 Å². The molecule has 0 aliphatic carbocycles. The van der Waals surface area contributed by atoms with Crippen molar-refractivity contribution in [1.82, 2.24) is 4.98 Å². The average molecular weight is 193 g/mol. The van der Waals surface area contributed by atoms with E-state index in [1.807, 2.05) is 24.4 Å². The first-order chi connectivity index (χ1) is 7.33.